The number of urea groups is 1. The van der Waals surface area contributed by atoms with Gasteiger partial charge < -0.3 is 19.4 Å². The fourth-order valence-corrected chi connectivity index (χ4v) is 3.66. The number of hydrogen-bond acceptors (Lipinski definition) is 5. The molecule has 4 heterocycles. The number of carbonyl (C=O) groups excluding carboxylic acids is 1. The Morgan fingerprint density at radius 2 is 1.76 bits per heavy atom. The summed E-state index contributed by atoms with van der Waals surface area (Å²) in [5, 5.41) is 0. The molecule has 0 aliphatic carbocycles. The minimum absolute atomic E-state index is 0.129. The lowest BCUT2D eigenvalue weighted by Gasteiger charge is -2.39. The van der Waals surface area contributed by atoms with E-state index in [0.29, 0.717) is 26.3 Å². The second kappa shape index (κ2) is 7.13. The number of fused-ring (bicyclic) bond motifs is 1. The summed E-state index contributed by atoms with van der Waals surface area (Å²) in [6.07, 6.45) is 3.61. The van der Waals surface area contributed by atoms with Crippen molar-refractivity contribution in [2.24, 2.45) is 0 Å². The first-order valence-corrected chi connectivity index (χ1v) is 9.28. The number of anilines is 1. The number of ether oxygens (including phenoxy) is 1. The molecule has 0 unspecified atom stereocenters. The van der Waals surface area contributed by atoms with Crippen molar-refractivity contribution in [3.05, 3.63) is 29.0 Å². The number of nitrogens with zero attached hydrogens (tertiary/aromatic N) is 5. The van der Waals surface area contributed by atoms with Crippen molar-refractivity contribution in [3.8, 4) is 0 Å². The van der Waals surface area contributed by atoms with Gasteiger partial charge in [-0.25, -0.2) is 4.79 Å². The smallest absolute Gasteiger partial charge is 0.320 e. The number of carbonyl (C=O) groups is 1. The van der Waals surface area contributed by atoms with Gasteiger partial charge in [0.2, 0.25) is 0 Å². The number of hydrogen-bond donors (Lipinski definition) is 0. The van der Waals surface area contributed by atoms with E-state index in [0.717, 1.165) is 47.4 Å². The third-order valence-electron chi connectivity index (χ3n) is 4.70. The minimum Gasteiger partial charge on any atom is -0.378 e. The molecule has 25 heavy (non-hydrogen) atoms. The van der Waals surface area contributed by atoms with Crippen LogP contribution in [0, 0.1) is 0 Å². The molecule has 132 valence electrons. The molecule has 0 spiro atoms. The molecule has 0 atom stereocenters. The first kappa shape index (κ1) is 16.5. The van der Waals surface area contributed by atoms with Gasteiger partial charge in [0.15, 0.2) is 0 Å². The molecule has 2 saturated heterocycles. The first-order valence-electron chi connectivity index (χ1n) is 8.49. The average Bonchev–Trinajstić information content (AvgIpc) is 2.67. The molecule has 2 aliphatic rings. The molecule has 2 amide bonds. The van der Waals surface area contributed by atoms with Gasteiger partial charge in [-0.15, -0.1) is 0 Å². The van der Waals surface area contributed by atoms with Crippen molar-refractivity contribution < 1.29 is 9.53 Å². The van der Waals surface area contributed by atoms with Crippen LogP contribution in [0.1, 0.15) is 0 Å². The Morgan fingerprint density at radius 3 is 2.52 bits per heavy atom. The number of halogens is 1. The van der Waals surface area contributed by atoms with Crippen LogP contribution in [0.2, 0.25) is 0 Å². The summed E-state index contributed by atoms with van der Waals surface area (Å²) >= 11 is 3.44. The third kappa shape index (κ3) is 3.41. The number of pyridine rings is 2. The van der Waals surface area contributed by atoms with Crippen molar-refractivity contribution in [1.82, 2.24) is 19.8 Å². The second-order valence-corrected chi connectivity index (χ2v) is 7.12. The van der Waals surface area contributed by atoms with E-state index >= 15 is 0 Å². The Balaban J connectivity index is 1.46. The molecule has 0 N–H and O–H groups in total. The molecule has 2 aromatic rings. The quantitative estimate of drug-likeness (QED) is 0.725. The van der Waals surface area contributed by atoms with E-state index in [1.54, 1.807) is 6.20 Å². The highest BCUT2D eigenvalue weighted by molar-refractivity contribution is 9.10. The highest BCUT2D eigenvalue weighted by atomic mass is 79.9. The summed E-state index contributed by atoms with van der Waals surface area (Å²) in [5.74, 6) is 0. The van der Waals surface area contributed by atoms with Crippen molar-refractivity contribution in [3.63, 3.8) is 0 Å². The summed E-state index contributed by atoms with van der Waals surface area (Å²) < 4.78 is 6.25. The fraction of sp³-hybridized carbons (Fsp3) is 0.471. The van der Waals surface area contributed by atoms with Crippen LogP contribution in [0.4, 0.5) is 10.5 Å². The van der Waals surface area contributed by atoms with Crippen LogP contribution in [0.3, 0.4) is 0 Å². The Morgan fingerprint density at radius 1 is 1.04 bits per heavy atom. The molecular formula is C17H20BrN5O2. The number of rotatable bonds is 1. The molecule has 4 rings (SSSR count). The van der Waals surface area contributed by atoms with Crippen molar-refractivity contribution >= 4 is 38.7 Å². The highest BCUT2D eigenvalue weighted by Gasteiger charge is 2.27. The van der Waals surface area contributed by atoms with Crippen LogP contribution >= 0.6 is 15.9 Å². The van der Waals surface area contributed by atoms with Gasteiger partial charge in [0.25, 0.3) is 0 Å². The van der Waals surface area contributed by atoms with E-state index in [4.69, 9.17) is 4.74 Å². The minimum atomic E-state index is 0.129. The second-order valence-electron chi connectivity index (χ2n) is 6.21. The molecule has 2 fully saturated rings. The van der Waals surface area contributed by atoms with Gasteiger partial charge in [-0.2, -0.15) is 0 Å². The van der Waals surface area contributed by atoms with E-state index in [1.807, 2.05) is 28.1 Å². The van der Waals surface area contributed by atoms with Crippen LogP contribution in [0.25, 0.3) is 11.0 Å². The predicted octanol–water partition coefficient (Wildman–Crippen LogP) is 1.97. The largest absolute Gasteiger partial charge is 0.378 e. The van der Waals surface area contributed by atoms with Gasteiger partial charge in [0.05, 0.1) is 24.4 Å². The monoisotopic (exact) mass is 405 g/mol. The van der Waals surface area contributed by atoms with Crippen LogP contribution in [-0.4, -0.2) is 78.3 Å². The molecule has 0 aromatic carbocycles. The maximum atomic E-state index is 12.6. The molecule has 0 bridgehead atoms. The Hall–Kier alpha value is -1.93. The van der Waals surface area contributed by atoms with E-state index in [9.17, 15) is 4.79 Å². The summed E-state index contributed by atoms with van der Waals surface area (Å²) in [7, 11) is 0. The molecule has 0 saturated carbocycles. The zero-order valence-electron chi connectivity index (χ0n) is 13.9. The van der Waals surface area contributed by atoms with Crippen molar-refractivity contribution in [2.75, 3.05) is 57.4 Å². The molecule has 8 heteroatoms. The summed E-state index contributed by atoms with van der Waals surface area (Å²) in [5.41, 5.74) is 2.85. The van der Waals surface area contributed by atoms with Crippen LogP contribution < -0.4 is 4.90 Å². The average molecular weight is 406 g/mol. The van der Waals surface area contributed by atoms with Gasteiger partial charge in [0, 0.05) is 56.1 Å². The molecule has 0 radical (unpaired) electrons. The van der Waals surface area contributed by atoms with Crippen molar-refractivity contribution in [1.29, 1.82) is 0 Å². The highest BCUT2D eigenvalue weighted by Crippen LogP contribution is 2.26. The van der Waals surface area contributed by atoms with E-state index in [2.05, 4.69) is 30.8 Å². The first-order chi connectivity index (χ1) is 12.2. The van der Waals surface area contributed by atoms with Gasteiger partial charge in [-0.3, -0.25) is 9.97 Å². The van der Waals surface area contributed by atoms with E-state index in [1.165, 1.54) is 0 Å². The van der Waals surface area contributed by atoms with Crippen LogP contribution in [0.5, 0.6) is 0 Å². The maximum Gasteiger partial charge on any atom is 0.320 e. The molecular weight excluding hydrogens is 386 g/mol. The number of piperazine rings is 1. The number of aromatic nitrogens is 2. The normalized spacial score (nSPS) is 18.7. The zero-order valence-corrected chi connectivity index (χ0v) is 15.5. The Labute approximate surface area is 154 Å². The van der Waals surface area contributed by atoms with E-state index in [-0.39, 0.29) is 6.03 Å². The standard InChI is InChI=1S/C17H20BrN5O2/c18-13-11-14-16(20-12-13)15(1-2-19-14)21-3-5-22(6-4-21)17(24)23-7-9-25-10-8-23/h1-2,11-12H,3-10H2. The van der Waals surface area contributed by atoms with Gasteiger partial charge in [-0.1, -0.05) is 0 Å². The predicted molar refractivity (Wildman–Crippen MR) is 98.8 cm³/mol. The maximum absolute atomic E-state index is 12.6. The molecule has 7 nitrogen and oxygen atoms in total. The zero-order chi connectivity index (χ0) is 17.2. The Bertz CT molecular complexity index is 773. The lowest BCUT2D eigenvalue weighted by molar-refractivity contribution is 0.0428. The molecule has 2 aliphatic heterocycles. The van der Waals surface area contributed by atoms with Crippen LogP contribution in [0.15, 0.2) is 29.0 Å². The lowest BCUT2D eigenvalue weighted by Crippen LogP contribution is -2.54. The van der Waals surface area contributed by atoms with Gasteiger partial charge in [0.1, 0.15) is 5.52 Å². The fourth-order valence-electron chi connectivity index (χ4n) is 3.34. The van der Waals surface area contributed by atoms with Crippen molar-refractivity contribution in [2.45, 2.75) is 0 Å². The summed E-state index contributed by atoms with van der Waals surface area (Å²) in [6.45, 7) is 5.68. The summed E-state index contributed by atoms with van der Waals surface area (Å²) in [6, 6.07) is 4.11. The third-order valence-corrected chi connectivity index (χ3v) is 5.13. The van der Waals surface area contributed by atoms with Crippen LogP contribution in [-0.2, 0) is 4.74 Å². The topological polar surface area (TPSA) is 61.8 Å². The van der Waals surface area contributed by atoms with Gasteiger partial charge >= 0.3 is 6.03 Å². The summed E-state index contributed by atoms with van der Waals surface area (Å²) in [4.78, 5) is 27.6. The number of amides is 2. The molecule has 2 aromatic heterocycles. The lowest BCUT2D eigenvalue weighted by atomic mass is 10.2. The SMILES string of the molecule is O=C(N1CCOCC1)N1CCN(c2ccnc3cc(Br)cnc23)CC1. The van der Waals surface area contributed by atoms with E-state index < -0.39 is 0 Å². The number of morpholine rings is 1. The Kier molecular flexibility index (Phi) is 4.72. The van der Waals surface area contributed by atoms with Gasteiger partial charge in [-0.05, 0) is 28.1 Å².